The van der Waals surface area contributed by atoms with Gasteiger partial charge in [0.05, 0.1) is 6.54 Å². The summed E-state index contributed by atoms with van der Waals surface area (Å²) in [6.45, 7) is 2.18. The fourth-order valence-electron chi connectivity index (χ4n) is 3.25. The third-order valence-electron chi connectivity index (χ3n) is 4.48. The molecule has 1 aliphatic carbocycles. The van der Waals surface area contributed by atoms with Crippen molar-refractivity contribution in [3.05, 3.63) is 46.6 Å². The minimum atomic E-state index is -0.272. The molecule has 4 rings (SSSR count). The van der Waals surface area contributed by atoms with Gasteiger partial charge in [-0.05, 0) is 44.2 Å². The number of amides is 1. The van der Waals surface area contributed by atoms with Crippen LogP contribution >= 0.6 is 0 Å². The van der Waals surface area contributed by atoms with E-state index in [1.54, 1.807) is 0 Å². The van der Waals surface area contributed by atoms with Crippen LogP contribution < -0.4 is 11.1 Å². The lowest BCUT2D eigenvalue weighted by molar-refractivity contribution is 0.0941. The summed E-state index contributed by atoms with van der Waals surface area (Å²) in [5.74, 6) is 0.336. The van der Waals surface area contributed by atoms with Crippen molar-refractivity contribution in [1.82, 2.24) is 20.3 Å². The number of oxazole rings is 1. The number of nitrogens with zero attached hydrogens (tertiary/aromatic N) is 3. The molecule has 0 spiro atoms. The van der Waals surface area contributed by atoms with Gasteiger partial charge in [0.1, 0.15) is 11.2 Å². The lowest BCUT2D eigenvalue weighted by atomic mass is 9.94. The number of carbonyl (C=O) groups is 1. The van der Waals surface area contributed by atoms with E-state index in [0.717, 1.165) is 48.0 Å². The number of hydrogen-bond acceptors (Lipinski definition) is 6. The summed E-state index contributed by atoms with van der Waals surface area (Å²) in [6, 6.07) is 5.76. The van der Waals surface area contributed by atoms with Crippen molar-refractivity contribution >= 4 is 23.0 Å². The highest BCUT2D eigenvalue weighted by Crippen LogP contribution is 2.23. The predicted molar refractivity (Wildman–Crippen MR) is 93.0 cm³/mol. The second-order valence-electron chi connectivity index (χ2n) is 6.27. The number of rotatable bonds is 3. The Labute approximate surface area is 144 Å². The second kappa shape index (κ2) is 6.16. The van der Waals surface area contributed by atoms with E-state index in [4.69, 9.17) is 10.2 Å². The van der Waals surface area contributed by atoms with Gasteiger partial charge < -0.3 is 15.5 Å². The molecule has 0 radical (unpaired) electrons. The van der Waals surface area contributed by atoms with Crippen molar-refractivity contribution in [2.24, 2.45) is 0 Å². The van der Waals surface area contributed by atoms with Crippen LogP contribution in [0.2, 0.25) is 0 Å². The van der Waals surface area contributed by atoms with Crippen LogP contribution in [0.1, 0.15) is 46.0 Å². The number of aryl methyl sites for hydroxylation is 2. The molecule has 3 N–H and O–H groups in total. The number of anilines is 1. The van der Waals surface area contributed by atoms with Crippen LogP contribution in [0.15, 0.2) is 22.6 Å². The predicted octanol–water partition coefficient (Wildman–Crippen LogP) is 2.32. The lowest BCUT2D eigenvalue weighted by Gasteiger charge is -2.17. The van der Waals surface area contributed by atoms with Gasteiger partial charge in [0.15, 0.2) is 5.58 Å². The minimum Gasteiger partial charge on any atom is -0.439 e. The molecule has 0 saturated heterocycles. The molecule has 7 heteroatoms. The maximum absolute atomic E-state index is 12.6. The van der Waals surface area contributed by atoms with Crippen molar-refractivity contribution in [3.63, 3.8) is 0 Å². The number of para-hydroxylation sites is 1. The number of nitrogen functional groups attached to an aromatic ring is 1. The van der Waals surface area contributed by atoms with Crippen molar-refractivity contribution in [1.29, 1.82) is 0 Å². The highest BCUT2D eigenvalue weighted by molar-refractivity contribution is 5.94. The van der Waals surface area contributed by atoms with Gasteiger partial charge in [0, 0.05) is 11.3 Å². The molecule has 0 aliphatic heterocycles. The normalized spacial score (nSPS) is 13.6. The second-order valence-corrected chi connectivity index (χ2v) is 6.27. The average molecular weight is 337 g/mol. The lowest BCUT2D eigenvalue weighted by Crippen LogP contribution is -2.27. The summed E-state index contributed by atoms with van der Waals surface area (Å²) in [5, 5.41) is 2.83. The first-order chi connectivity index (χ1) is 12.1. The number of benzene rings is 1. The minimum absolute atomic E-state index is 0.142. The maximum Gasteiger partial charge on any atom is 0.270 e. The van der Waals surface area contributed by atoms with Gasteiger partial charge >= 0.3 is 0 Å². The van der Waals surface area contributed by atoms with Gasteiger partial charge in [0.2, 0.25) is 11.8 Å². The fourth-order valence-corrected chi connectivity index (χ4v) is 3.25. The summed E-state index contributed by atoms with van der Waals surface area (Å²) < 4.78 is 5.69. The smallest absolute Gasteiger partial charge is 0.270 e. The Kier molecular flexibility index (Phi) is 3.83. The Morgan fingerprint density at radius 2 is 2.08 bits per heavy atom. The monoisotopic (exact) mass is 337 g/mol. The zero-order valence-corrected chi connectivity index (χ0v) is 14.0. The quantitative estimate of drug-likeness (QED) is 0.759. The number of fused-ring (bicyclic) bond motifs is 2. The van der Waals surface area contributed by atoms with E-state index in [1.807, 2.05) is 25.1 Å². The van der Waals surface area contributed by atoms with Gasteiger partial charge in [-0.2, -0.15) is 0 Å². The Morgan fingerprint density at radius 1 is 1.24 bits per heavy atom. The van der Waals surface area contributed by atoms with Crippen LogP contribution in [0, 0.1) is 6.92 Å². The summed E-state index contributed by atoms with van der Waals surface area (Å²) in [6.07, 6.45) is 3.74. The van der Waals surface area contributed by atoms with E-state index in [9.17, 15) is 4.79 Å². The van der Waals surface area contributed by atoms with Crippen molar-refractivity contribution < 1.29 is 9.21 Å². The van der Waals surface area contributed by atoms with Gasteiger partial charge in [0.25, 0.3) is 5.91 Å². The molecule has 2 heterocycles. The zero-order chi connectivity index (χ0) is 17.4. The summed E-state index contributed by atoms with van der Waals surface area (Å²) in [4.78, 5) is 25.5. The Bertz CT molecular complexity index is 963. The molecule has 0 fully saturated rings. The highest BCUT2D eigenvalue weighted by Gasteiger charge is 2.22. The van der Waals surface area contributed by atoms with E-state index in [-0.39, 0.29) is 18.4 Å². The Hall–Kier alpha value is -2.96. The standard InChI is InChI=1S/C18H19N5O2/c1-10-5-4-8-13-15(10)22-14(25-13)9-20-17(24)16-11-6-2-3-7-12(11)21-18(19)23-16/h4-5,8H,2-3,6-7,9H2,1H3,(H,20,24)(H2,19,21,23). The number of carbonyl (C=O) groups excluding carboxylic acids is 1. The van der Waals surface area contributed by atoms with E-state index in [1.165, 1.54) is 0 Å². The first-order valence-electron chi connectivity index (χ1n) is 8.40. The summed E-state index contributed by atoms with van der Waals surface area (Å²) in [5.41, 5.74) is 10.5. The first-order valence-corrected chi connectivity index (χ1v) is 8.40. The molecule has 1 aromatic carbocycles. The van der Waals surface area contributed by atoms with E-state index in [2.05, 4.69) is 20.3 Å². The molecule has 1 amide bonds. The van der Waals surface area contributed by atoms with Gasteiger partial charge in [-0.15, -0.1) is 0 Å². The summed E-state index contributed by atoms with van der Waals surface area (Å²) in [7, 11) is 0. The molecule has 0 bridgehead atoms. The van der Waals surface area contributed by atoms with Crippen molar-refractivity contribution in [2.75, 3.05) is 5.73 Å². The Morgan fingerprint density at radius 3 is 2.92 bits per heavy atom. The van der Waals surface area contributed by atoms with Crippen LogP contribution in [-0.2, 0) is 19.4 Å². The number of hydrogen-bond donors (Lipinski definition) is 2. The van der Waals surface area contributed by atoms with Gasteiger partial charge in [-0.3, -0.25) is 4.79 Å². The molecule has 0 unspecified atom stereocenters. The summed E-state index contributed by atoms with van der Waals surface area (Å²) >= 11 is 0. The topological polar surface area (TPSA) is 107 Å². The van der Waals surface area contributed by atoms with E-state index < -0.39 is 0 Å². The molecule has 1 aliphatic rings. The van der Waals surface area contributed by atoms with Crippen LogP contribution in [0.5, 0.6) is 0 Å². The van der Waals surface area contributed by atoms with Gasteiger partial charge in [-0.1, -0.05) is 12.1 Å². The number of aromatic nitrogens is 3. The molecule has 2 aromatic heterocycles. The fraction of sp³-hybridized carbons (Fsp3) is 0.333. The van der Waals surface area contributed by atoms with E-state index >= 15 is 0 Å². The van der Waals surface area contributed by atoms with Crippen molar-refractivity contribution in [2.45, 2.75) is 39.2 Å². The third-order valence-corrected chi connectivity index (χ3v) is 4.48. The van der Waals surface area contributed by atoms with Crippen LogP contribution in [0.3, 0.4) is 0 Å². The van der Waals surface area contributed by atoms with Crippen LogP contribution in [0.25, 0.3) is 11.1 Å². The molecule has 3 aromatic rings. The SMILES string of the molecule is Cc1cccc2oc(CNC(=O)c3nc(N)nc4c3CCCC4)nc12. The molecule has 0 atom stereocenters. The van der Waals surface area contributed by atoms with E-state index in [0.29, 0.717) is 17.2 Å². The van der Waals surface area contributed by atoms with Crippen LogP contribution in [0.4, 0.5) is 5.95 Å². The molecular weight excluding hydrogens is 318 g/mol. The molecular formula is C18H19N5O2. The largest absolute Gasteiger partial charge is 0.439 e. The van der Waals surface area contributed by atoms with Crippen LogP contribution in [-0.4, -0.2) is 20.9 Å². The van der Waals surface area contributed by atoms with Crippen molar-refractivity contribution in [3.8, 4) is 0 Å². The molecule has 25 heavy (non-hydrogen) atoms. The number of nitrogens with two attached hydrogens (primary N) is 1. The molecule has 0 saturated carbocycles. The highest BCUT2D eigenvalue weighted by atomic mass is 16.3. The first kappa shape index (κ1) is 15.6. The molecule has 128 valence electrons. The zero-order valence-electron chi connectivity index (χ0n) is 14.0. The number of nitrogens with one attached hydrogen (secondary N) is 1. The maximum atomic E-state index is 12.6. The van der Waals surface area contributed by atoms with Gasteiger partial charge in [-0.25, -0.2) is 15.0 Å². The molecule has 7 nitrogen and oxygen atoms in total. The average Bonchev–Trinajstić information content (AvgIpc) is 3.03. The third kappa shape index (κ3) is 2.93. The Balaban J connectivity index is 1.56.